The number of nitrogens with zero attached hydrogens (tertiary/aromatic N) is 3. The fourth-order valence-electron chi connectivity index (χ4n) is 3.05. The number of imidazole rings is 1. The Bertz CT molecular complexity index is 813. The number of carbonyl (C=O) groups excluding carboxylic acids is 1. The Balaban J connectivity index is 1.42. The molecule has 0 radical (unpaired) electrons. The van der Waals surface area contributed by atoms with E-state index in [9.17, 15) is 4.79 Å². The molecule has 1 unspecified atom stereocenters. The number of rotatable bonds is 4. The summed E-state index contributed by atoms with van der Waals surface area (Å²) in [5.41, 5.74) is 2.40. The van der Waals surface area contributed by atoms with Gasteiger partial charge in [0.15, 0.2) is 5.13 Å². The smallest absolute Gasteiger partial charge is 0.251 e. The molecule has 6 nitrogen and oxygen atoms in total. The lowest BCUT2D eigenvalue weighted by Gasteiger charge is -2.24. The number of H-pyrrole nitrogens is 1. The number of aromatic amines is 1. The summed E-state index contributed by atoms with van der Waals surface area (Å²) < 4.78 is 0. The number of aromatic nitrogens is 3. The molecule has 1 saturated heterocycles. The van der Waals surface area contributed by atoms with Crippen molar-refractivity contribution in [3.05, 3.63) is 41.7 Å². The molecule has 4 rings (SSSR count). The van der Waals surface area contributed by atoms with E-state index >= 15 is 0 Å². The van der Waals surface area contributed by atoms with Crippen molar-refractivity contribution in [2.75, 3.05) is 18.0 Å². The standard InChI is InChI=1S/C16H17N5OS/c22-15(11-3-4-13-14(8-11)20-10-19-13)18-9-12-2-1-6-21(12)16-17-5-7-23-16/h3-5,7-8,10,12H,1-2,6,9H2,(H,18,22)(H,19,20). The molecule has 3 aromatic rings. The van der Waals surface area contributed by atoms with Gasteiger partial charge in [-0.2, -0.15) is 0 Å². The van der Waals surface area contributed by atoms with Crippen molar-refractivity contribution in [1.82, 2.24) is 20.3 Å². The third kappa shape index (κ3) is 2.79. The van der Waals surface area contributed by atoms with Gasteiger partial charge in [0, 0.05) is 36.3 Å². The summed E-state index contributed by atoms with van der Waals surface area (Å²) in [4.78, 5) is 26.3. The summed E-state index contributed by atoms with van der Waals surface area (Å²) in [6, 6.07) is 5.83. The lowest BCUT2D eigenvalue weighted by Crippen LogP contribution is -2.40. The van der Waals surface area contributed by atoms with Crippen LogP contribution in [-0.2, 0) is 0 Å². The number of amides is 1. The third-order valence-electron chi connectivity index (χ3n) is 4.22. The normalized spacial score (nSPS) is 17.7. The molecule has 0 bridgehead atoms. The van der Waals surface area contributed by atoms with Crippen LogP contribution in [0.3, 0.4) is 0 Å². The molecular weight excluding hydrogens is 310 g/mol. The lowest BCUT2D eigenvalue weighted by molar-refractivity contribution is 0.0951. The van der Waals surface area contributed by atoms with E-state index in [-0.39, 0.29) is 5.91 Å². The fraction of sp³-hybridized carbons (Fsp3) is 0.312. The largest absolute Gasteiger partial charge is 0.350 e. The molecule has 0 saturated carbocycles. The molecular formula is C16H17N5OS. The Morgan fingerprint density at radius 3 is 3.26 bits per heavy atom. The average molecular weight is 327 g/mol. The van der Waals surface area contributed by atoms with Crippen molar-refractivity contribution in [2.24, 2.45) is 0 Å². The maximum absolute atomic E-state index is 12.4. The highest BCUT2D eigenvalue weighted by molar-refractivity contribution is 7.13. The number of thiazole rings is 1. The summed E-state index contributed by atoms with van der Waals surface area (Å²) in [6.45, 7) is 1.65. The first-order valence-corrected chi connectivity index (χ1v) is 8.57. The maximum Gasteiger partial charge on any atom is 0.251 e. The second-order valence-electron chi connectivity index (χ2n) is 5.65. The van der Waals surface area contributed by atoms with E-state index in [1.165, 1.54) is 0 Å². The van der Waals surface area contributed by atoms with Crippen LogP contribution in [0, 0.1) is 0 Å². The van der Waals surface area contributed by atoms with Gasteiger partial charge < -0.3 is 15.2 Å². The highest BCUT2D eigenvalue weighted by Gasteiger charge is 2.26. The number of hydrogen-bond donors (Lipinski definition) is 2. The van der Waals surface area contributed by atoms with Crippen LogP contribution < -0.4 is 10.2 Å². The maximum atomic E-state index is 12.4. The van der Waals surface area contributed by atoms with Crippen molar-refractivity contribution < 1.29 is 4.79 Å². The number of fused-ring (bicyclic) bond motifs is 1. The average Bonchev–Trinajstić information content (AvgIpc) is 3.31. The molecule has 23 heavy (non-hydrogen) atoms. The molecule has 1 aliphatic rings. The van der Waals surface area contributed by atoms with E-state index in [0.717, 1.165) is 35.6 Å². The number of anilines is 1. The highest BCUT2D eigenvalue weighted by atomic mass is 32.1. The molecule has 0 spiro atoms. The Morgan fingerprint density at radius 2 is 2.39 bits per heavy atom. The summed E-state index contributed by atoms with van der Waals surface area (Å²) in [5.74, 6) is -0.0486. The van der Waals surface area contributed by atoms with Gasteiger partial charge in [0.05, 0.1) is 17.4 Å². The van der Waals surface area contributed by atoms with Crippen molar-refractivity contribution in [3.8, 4) is 0 Å². The Hall–Kier alpha value is -2.41. The molecule has 1 aromatic carbocycles. The summed E-state index contributed by atoms with van der Waals surface area (Å²) >= 11 is 1.65. The van der Waals surface area contributed by atoms with E-state index in [4.69, 9.17) is 0 Å². The van der Waals surface area contributed by atoms with Gasteiger partial charge in [-0.25, -0.2) is 9.97 Å². The molecule has 3 heterocycles. The van der Waals surface area contributed by atoms with Gasteiger partial charge in [0.25, 0.3) is 5.91 Å². The molecule has 1 amide bonds. The zero-order valence-corrected chi connectivity index (χ0v) is 13.3. The van der Waals surface area contributed by atoms with Crippen LogP contribution in [0.4, 0.5) is 5.13 Å². The minimum Gasteiger partial charge on any atom is -0.350 e. The number of hydrogen-bond acceptors (Lipinski definition) is 5. The van der Waals surface area contributed by atoms with Crippen LogP contribution in [0.5, 0.6) is 0 Å². The van der Waals surface area contributed by atoms with Crippen molar-refractivity contribution >= 4 is 33.4 Å². The highest BCUT2D eigenvalue weighted by Crippen LogP contribution is 2.26. The Morgan fingerprint density at radius 1 is 1.43 bits per heavy atom. The van der Waals surface area contributed by atoms with Crippen LogP contribution in [-0.4, -0.2) is 40.0 Å². The molecule has 0 aliphatic carbocycles. The number of benzene rings is 1. The van der Waals surface area contributed by atoms with Crippen LogP contribution in [0.2, 0.25) is 0 Å². The second kappa shape index (κ2) is 6.00. The van der Waals surface area contributed by atoms with Crippen LogP contribution in [0.25, 0.3) is 11.0 Å². The predicted molar refractivity (Wildman–Crippen MR) is 90.9 cm³/mol. The first kappa shape index (κ1) is 14.2. The van der Waals surface area contributed by atoms with Crippen LogP contribution in [0.1, 0.15) is 23.2 Å². The summed E-state index contributed by atoms with van der Waals surface area (Å²) in [7, 11) is 0. The molecule has 1 fully saturated rings. The minimum atomic E-state index is -0.0486. The van der Waals surface area contributed by atoms with Crippen molar-refractivity contribution in [3.63, 3.8) is 0 Å². The summed E-state index contributed by atoms with van der Waals surface area (Å²) in [5, 5.41) is 6.08. The number of carbonyl (C=O) groups is 1. The monoisotopic (exact) mass is 327 g/mol. The molecule has 1 atom stereocenters. The van der Waals surface area contributed by atoms with Gasteiger partial charge in [-0.05, 0) is 31.0 Å². The molecule has 2 aromatic heterocycles. The van der Waals surface area contributed by atoms with E-state index in [1.54, 1.807) is 17.7 Å². The first-order valence-electron chi connectivity index (χ1n) is 7.69. The third-order valence-corrected chi connectivity index (χ3v) is 5.03. The SMILES string of the molecule is O=C(NCC1CCCN1c1nccs1)c1ccc2nc[nH]c2c1. The first-order chi connectivity index (χ1) is 11.3. The van der Waals surface area contributed by atoms with E-state index < -0.39 is 0 Å². The molecule has 7 heteroatoms. The van der Waals surface area contributed by atoms with E-state index in [1.807, 2.05) is 29.8 Å². The quantitative estimate of drug-likeness (QED) is 0.772. The van der Waals surface area contributed by atoms with Gasteiger partial charge in [-0.1, -0.05) is 0 Å². The van der Waals surface area contributed by atoms with E-state index in [0.29, 0.717) is 18.2 Å². The minimum absolute atomic E-state index is 0.0486. The van der Waals surface area contributed by atoms with E-state index in [2.05, 4.69) is 25.2 Å². The van der Waals surface area contributed by atoms with Gasteiger partial charge in [0.1, 0.15) is 0 Å². The lowest BCUT2D eigenvalue weighted by atomic mass is 10.1. The van der Waals surface area contributed by atoms with Crippen LogP contribution >= 0.6 is 11.3 Å². The summed E-state index contributed by atoms with van der Waals surface area (Å²) in [6.07, 6.45) is 5.68. The Labute approximate surface area is 137 Å². The van der Waals surface area contributed by atoms with Gasteiger partial charge in [-0.15, -0.1) is 11.3 Å². The van der Waals surface area contributed by atoms with Gasteiger partial charge in [-0.3, -0.25) is 4.79 Å². The van der Waals surface area contributed by atoms with Gasteiger partial charge in [0.2, 0.25) is 0 Å². The zero-order chi connectivity index (χ0) is 15.6. The predicted octanol–water partition coefficient (Wildman–Crippen LogP) is 2.42. The Kier molecular flexibility index (Phi) is 3.70. The second-order valence-corrected chi connectivity index (χ2v) is 6.52. The van der Waals surface area contributed by atoms with Gasteiger partial charge >= 0.3 is 0 Å². The molecule has 118 valence electrons. The molecule has 1 aliphatic heterocycles. The zero-order valence-electron chi connectivity index (χ0n) is 12.5. The van der Waals surface area contributed by atoms with Crippen LogP contribution in [0.15, 0.2) is 36.1 Å². The van der Waals surface area contributed by atoms with Crippen molar-refractivity contribution in [1.29, 1.82) is 0 Å². The number of nitrogens with one attached hydrogen (secondary N) is 2. The topological polar surface area (TPSA) is 73.9 Å². The molecule has 2 N–H and O–H groups in total. The van der Waals surface area contributed by atoms with Crippen molar-refractivity contribution in [2.45, 2.75) is 18.9 Å². The fourth-order valence-corrected chi connectivity index (χ4v) is 3.79.